The molecule has 1 aliphatic rings. The van der Waals surface area contributed by atoms with Crippen LogP contribution in [0.15, 0.2) is 36.5 Å². The summed E-state index contributed by atoms with van der Waals surface area (Å²) in [6.45, 7) is 0. The number of aromatic amines is 1. The summed E-state index contributed by atoms with van der Waals surface area (Å²) in [7, 11) is 0. The van der Waals surface area contributed by atoms with Gasteiger partial charge in [-0.15, -0.1) is 11.8 Å². The molecule has 5 heteroatoms. The van der Waals surface area contributed by atoms with Crippen molar-refractivity contribution in [2.45, 2.75) is 30.9 Å². The molecule has 1 saturated carbocycles. The fraction of sp³-hybridized carbons (Fsp3) is 0.375. The Labute approximate surface area is 128 Å². The number of benzene rings is 1. The van der Waals surface area contributed by atoms with Crippen LogP contribution in [0, 0.1) is 0 Å². The second kappa shape index (κ2) is 6.80. The second-order valence-corrected chi connectivity index (χ2v) is 6.60. The number of hydrogen-bond donors (Lipinski definition) is 2. The minimum absolute atomic E-state index is 0.0844. The molecule has 1 heterocycles. The third-order valence-electron chi connectivity index (χ3n) is 3.73. The highest BCUT2D eigenvalue weighted by atomic mass is 32.2. The molecule has 4 nitrogen and oxygen atoms in total. The number of anilines is 1. The van der Waals surface area contributed by atoms with E-state index in [9.17, 15) is 4.79 Å². The lowest BCUT2D eigenvalue weighted by Crippen LogP contribution is -2.15. The number of nitrogens with zero attached hydrogens (tertiary/aromatic N) is 1. The van der Waals surface area contributed by atoms with Gasteiger partial charge in [-0.1, -0.05) is 25.0 Å². The molecule has 0 bridgehead atoms. The molecule has 2 N–H and O–H groups in total. The smallest absolute Gasteiger partial charge is 0.234 e. The van der Waals surface area contributed by atoms with Crippen molar-refractivity contribution in [1.82, 2.24) is 10.2 Å². The molecule has 0 radical (unpaired) electrons. The largest absolute Gasteiger partial charge is 0.325 e. The molecule has 1 aliphatic carbocycles. The van der Waals surface area contributed by atoms with Crippen LogP contribution >= 0.6 is 11.8 Å². The summed E-state index contributed by atoms with van der Waals surface area (Å²) in [6, 6.07) is 9.73. The Morgan fingerprint density at radius 2 is 2.00 bits per heavy atom. The van der Waals surface area contributed by atoms with Gasteiger partial charge in [0.25, 0.3) is 0 Å². The van der Waals surface area contributed by atoms with Crippen LogP contribution in [-0.2, 0) is 4.79 Å². The molecule has 1 amide bonds. The van der Waals surface area contributed by atoms with Crippen molar-refractivity contribution in [3.63, 3.8) is 0 Å². The van der Waals surface area contributed by atoms with Crippen molar-refractivity contribution >= 4 is 23.4 Å². The van der Waals surface area contributed by atoms with E-state index in [-0.39, 0.29) is 5.91 Å². The lowest BCUT2D eigenvalue weighted by molar-refractivity contribution is -0.113. The maximum absolute atomic E-state index is 11.9. The van der Waals surface area contributed by atoms with Gasteiger partial charge in [0.05, 0.1) is 11.4 Å². The van der Waals surface area contributed by atoms with E-state index in [1.54, 1.807) is 18.0 Å². The third kappa shape index (κ3) is 3.88. The normalized spacial score (nSPS) is 15.2. The second-order valence-electron chi connectivity index (χ2n) is 5.31. The van der Waals surface area contributed by atoms with Crippen LogP contribution < -0.4 is 5.32 Å². The number of rotatable bonds is 5. The summed E-state index contributed by atoms with van der Waals surface area (Å²) in [6.07, 6.45) is 6.88. The number of H-pyrrole nitrogens is 1. The van der Waals surface area contributed by atoms with Crippen molar-refractivity contribution in [2.75, 3.05) is 11.1 Å². The van der Waals surface area contributed by atoms with Gasteiger partial charge >= 0.3 is 0 Å². The number of amides is 1. The van der Waals surface area contributed by atoms with Gasteiger partial charge in [-0.05, 0) is 36.6 Å². The van der Waals surface area contributed by atoms with Crippen LogP contribution in [0.5, 0.6) is 0 Å². The molecule has 0 atom stereocenters. The Bertz CT molecular complexity index is 574. The van der Waals surface area contributed by atoms with Gasteiger partial charge < -0.3 is 5.32 Å². The minimum Gasteiger partial charge on any atom is -0.325 e. The first-order valence-electron chi connectivity index (χ1n) is 7.32. The molecule has 1 fully saturated rings. The van der Waals surface area contributed by atoms with E-state index in [1.165, 1.54) is 25.7 Å². The topological polar surface area (TPSA) is 57.8 Å². The Morgan fingerprint density at radius 1 is 1.24 bits per heavy atom. The number of nitrogens with one attached hydrogen (secondary N) is 2. The standard InChI is InChI=1S/C16H19N3OS/c20-16(11-21-14-3-1-2-4-14)18-13-7-5-12(6-8-13)15-9-10-17-19-15/h5-10,14H,1-4,11H2,(H,17,19)(H,18,20). The lowest BCUT2D eigenvalue weighted by atomic mass is 10.1. The summed E-state index contributed by atoms with van der Waals surface area (Å²) in [5, 5.41) is 10.5. The van der Waals surface area contributed by atoms with Gasteiger partial charge in [-0.25, -0.2) is 0 Å². The highest BCUT2D eigenvalue weighted by Gasteiger charge is 2.16. The van der Waals surface area contributed by atoms with Crippen LogP contribution in [-0.4, -0.2) is 27.1 Å². The molecule has 0 saturated heterocycles. The van der Waals surface area contributed by atoms with E-state index < -0.39 is 0 Å². The van der Waals surface area contributed by atoms with E-state index in [2.05, 4.69) is 15.5 Å². The Balaban J connectivity index is 1.51. The van der Waals surface area contributed by atoms with Crippen molar-refractivity contribution < 1.29 is 4.79 Å². The molecule has 1 aromatic heterocycles. The Morgan fingerprint density at radius 3 is 2.67 bits per heavy atom. The van der Waals surface area contributed by atoms with Crippen LogP contribution in [0.25, 0.3) is 11.3 Å². The molecule has 0 unspecified atom stereocenters. The summed E-state index contributed by atoms with van der Waals surface area (Å²) in [5.74, 6) is 0.633. The fourth-order valence-electron chi connectivity index (χ4n) is 2.60. The molecule has 0 aliphatic heterocycles. The first-order chi connectivity index (χ1) is 10.3. The lowest BCUT2D eigenvalue weighted by Gasteiger charge is -2.09. The molecule has 1 aromatic carbocycles. The highest BCUT2D eigenvalue weighted by molar-refractivity contribution is 8.00. The summed E-state index contributed by atoms with van der Waals surface area (Å²) in [5.41, 5.74) is 2.88. The van der Waals surface area contributed by atoms with Crippen LogP contribution in [0.3, 0.4) is 0 Å². The predicted octanol–water partition coefficient (Wildman–Crippen LogP) is 3.69. The SMILES string of the molecule is O=C(CSC1CCCC1)Nc1ccc(-c2ccn[nH]2)cc1. The van der Waals surface area contributed by atoms with Gasteiger partial charge in [0.1, 0.15) is 0 Å². The first-order valence-corrected chi connectivity index (χ1v) is 8.37. The van der Waals surface area contributed by atoms with E-state index in [0.717, 1.165) is 16.9 Å². The van der Waals surface area contributed by atoms with Crippen molar-refractivity contribution in [2.24, 2.45) is 0 Å². The number of aromatic nitrogens is 2. The Hall–Kier alpha value is -1.75. The summed E-state index contributed by atoms with van der Waals surface area (Å²) >= 11 is 1.79. The van der Waals surface area contributed by atoms with Gasteiger partial charge in [0.15, 0.2) is 0 Å². The van der Waals surface area contributed by atoms with Crippen LogP contribution in [0.2, 0.25) is 0 Å². The van der Waals surface area contributed by atoms with Crippen molar-refractivity contribution in [3.05, 3.63) is 36.5 Å². The van der Waals surface area contributed by atoms with E-state index >= 15 is 0 Å². The molecule has 3 rings (SSSR count). The van der Waals surface area contributed by atoms with E-state index in [1.807, 2.05) is 30.3 Å². The third-order valence-corrected chi connectivity index (χ3v) is 5.10. The first kappa shape index (κ1) is 14.2. The van der Waals surface area contributed by atoms with Gasteiger partial charge in [-0.2, -0.15) is 5.10 Å². The van der Waals surface area contributed by atoms with E-state index in [0.29, 0.717) is 11.0 Å². The maximum Gasteiger partial charge on any atom is 0.234 e. The molecular formula is C16H19N3OS. The van der Waals surface area contributed by atoms with Gasteiger partial charge in [-0.3, -0.25) is 9.89 Å². The predicted molar refractivity (Wildman–Crippen MR) is 87.4 cm³/mol. The highest BCUT2D eigenvalue weighted by Crippen LogP contribution is 2.29. The zero-order chi connectivity index (χ0) is 14.5. The quantitative estimate of drug-likeness (QED) is 0.885. The molecule has 21 heavy (non-hydrogen) atoms. The number of carbonyl (C=O) groups excluding carboxylic acids is 1. The zero-order valence-corrected chi connectivity index (χ0v) is 12.7. The van der Waals surface area contributed by atoms with Crippen LogP contribution in [0.1, 0.15) is 25.7 Å². The number of carbonyl (C=O) groups is 1. The average molecular weight is 301 g/mol. The molecule has 2 aromatic rings. The van der Waals surface area contributed by atoms with Crippen molar-refractivity contribution in [1.29, 1.82) is 0 Å². The van der Waals surface area contributed by atoms with Crippen molar-refractivity contribution in [3.8, 4) is 11.3 Å². The zero-order valence-electron chi connectivity index (χ0n) is 11.8. The van der Waals surface area contributed by atoms with Gasteiger partial charge in [0.2, 0.25) is 5.91 Å². The molecular weight excluding hydrogens is 282 g/mol. The fourth-order valence-corrected chi connectivity index (χ4v) is 3.72. The molecule has 0 spiro atoms. The summed E-state index contributed by atoms with van der Waals surface area (Å²) < 4.78 is 0. The number of hydrogen-bond acceptors (Lipinski definition) is 3. The monoisotopic (exact) mass is 301 g/mol. The number of thioether (sulfide) groups is 1. The molecule has 110 valence electrons. The minimum atomic E-state index is 0.0844. The summed E-state index contributed by atoms with van der Waals surface area (Å²) in [4.78, 5) is 11.9. The van der Waals surface area contributed by atoms with Crippen LogP contribution in [0.4, 0.5) is 5.69 Å². The maximum atomic E-state index is 11.9. The average Bonchev–Trinajstić information content (AvgIpc) is 3.19. The van der Waals surface area contributed by atoms with Gasteiger partial charge in [0, 0.05) is 17.1 Å². The Kier molecular flexibility index (Phi) is 4.60. The van der Waals surface area contributed by atoms with E-state index in [4.69, 9.17) is 0 Å².